The largest absolute Gasteiger partial charge is 0.385 e. The number of nitrogens with zero attached hydrogens (tertiary/aromatic N) is 2. The van der Waals surface area contributed by atoms with Crippen LogP contribution in [0.15, 0.2) is 41.0 Å². The highest BCUT2D eigenvalue weighted by molar-refractivity contribution is 9.10. The molecule has 1 aromatic carbocycles. The Labute approximate surface area is 126 Å². The fraction of sp³-hybridized carbons (Fsp3) is 0.286. The number of para-hydroxylation sites is 1. The zero-order valence-electron chi connectivity index (χ0n) is 11.3. The second-order valence-corrected chi connectivity index (χ2v) is 5.00. The van der Waals surface area contributed by atoms with Gasteiger partial charge in [0.2, 0.25) is 5.95 Å². The number of hydrogen-bond donors (Lipinski definition) is 2. The summed E-state index contributed by atoms with van der Waals surface area (Å²) in [7, 11) is 1.70. The van der Waals surface area contributed by atoms with Gasteiger partial charge in [0.1, 0.15) is 5.82 Å². The molecule has 0 aliphatic rings. The molecule has 2 rings (SSSR count). The second-order valence-electron chi connectivity index (χ2n) is 4.14. The molecule has 0 aliphatic carbocycles. The van der Waals surface area contributed by atoms with Crippen molar-refractivity contribution in [3.63, 3.8) is 0 Å². The van der Waals surface area contributed by atoms with Crippen LogP contribution in [0.3, 0.4) is 0 Å². The van der Waals surface area contributed by atoms with E-state index in [1.165, 1.54) is 0 Å². The summed E-state index contributed by atoms with van der Waals surface area (Å²) >= 11 is 3.48. The van der Waals surface area contributed by atoms with Crippen molar-refractivity contribution < 1.29 is 4.74 Å². The third kappa shape index (κ3) is 4.47. The molecular formula is C14H17BrN4O. The van der Waals surface area contributed by atoms with E-state index in [4.69, 9.17) is 4.74 Å². The number of ether oxygens (including phenoxy) is 1. The first-order valence-electron chi connectivity index (χ1n) is 6.37. The lowest BCUT2D eigenvalue weighted by Crippen LogP contribution is -2.07. The monoisotopic (exact) mass is 336 g/mol. The van der Waals surface area contributed by atoms with Crippen molar-refractivity contribution in [2.45, 2.75) is 6.42 Å². The Hall–Kier alpha value is -1.66. The van der Waals surface area contributed by atoms with Gasteiger partial charge in [-0.3, -0.25) is 0 Å². The molecule has 0 spiro atoms. The highest BCUT2D eigenvalue weighted by Gasteiger charge is 2.02. The molecule has 0 atom stereocenters. The van der Waals surface area contributed by atoms with Crippen LogP contribution in [-0.2, 0) is 4.74 Å². The highest BCUT2D eigenvalue weighted by Crippen LogP contribution is 2.23. The Bertz CT molecular complexity index is 550. The van der Waals surface area contributed by atoms with Gasteiger partial charge in [0.15, 0.2) is 0 Å². The summed E-state index contributed by atoms with van der Waals surface area (Å²) < 4.78 is 5.98. The van der Waals surface area contributed by atoms with Crippen LogP contribution >= 0.6 is 15.9 Å². The molecule has 0 radical (unpaired) electrons. The fourth-order valence-electron chi connectivity index (χ4n) is 1.63. The SMILES string of the molecule is COCCCNc1ccnc(Nc2ccccc2Br)n1. The Morgan fingerprint density at radius 2 is 2.10 bits per heavy atom. The molecule has 0 saturated heterocycles. The summed E-state index contributed by atoms with van der Waals surface area (Å²) in [4.78, 5) is 8.62. The molecule has 106 valence electrons. The molecule has 6 heteroatoms. The third-order valence-corrected chi connectivity index (χ3v) is 3.30. The number of anilines is 3. The minimum atomic E-state index is 0.564. The van der Waals surface area contributed by atoms with Crippen molar-refractivity contribution in [2.75, 3.05) is 30.9 Å². The molecule has 0 amide bonds. The van der Waals surface area contributed by atoms with E-state index in [9.17, 15) is 0 Å². The van der Waals surface area contributed by atoms with Crippen LogP contribution in [0.25, 0.3) is 0 Å². The first-order chi connectivity index (χ1) is 9.79. The average molecular weight is 337 g/mol. The van der Waals surface area contributed by atoms with Crippen molar-refractivity contribution in [1.82, 2.24) is 9.97 Å². The third-order valence-electron chi connectivity index (χ3n) is 2.61. The smallest absolute Gasteiger partial charge is 0.229 e. The molecule has 0 saturated carbocycles. The molecule has 0 aliphatic heterocycles. The van der Waals surface area contributed by atoms with E-state index in [1.54, 1.807) is 13.3 Å². The van der Waals surface area contributed by atoms with E-state index in [1.807, 2.05) is 30.3 Å². The van der Waals surface area contributed by atoms with Gasteiger partial charge in [-0.2, -0.15) is 4.98 Å². The quantitative estimate of drug-likeness (QED) is 0.758. The van der Waals surface area contributed by atoms with Crippen LogP contribution in [0.5, 0.6) is 0 Å². The fourth-order valence-corrected chi connectivity index (χ4v) is 2.02. The molecule has 0 bridgehead atoms. The molecule has 2 aromatic rings. The Kier molecular flexibility index (Phi) is 5.76. The number of halogens is 1. The molecule has 0 unspecified atom stereocenters. The van der Waals surface area contributed by atoms with Crippen molar-refractivity contribution in [3.8, 4) is 0 Å². The number of rotatable bonds is 7. The molecule has 1 aromatic heterocycles. The van der Waals surface area contributed by atoms with Gasteiger partial charge in [0.25, 0.3) is 0 Å². The van der Waals surface area contributed by atoms with Gasteiger partial charge in [0, 0.05) is 30.9 Å². The van der Waals surface area contributed by atoms with Crippen LogP contribution in [0.4, 0.5) is 17.5 Å². The predicted molar refractivity (Wildman–Crippen MR) is 84.4 cm³/mol. The summed E-state index contributed by atoms with van der Waals surface area (Å²) in [6, 6.07) is 9.70. The molecule has 2 N–H and O–H groups in total. The number of benzene rings is 1. The lowest BCUT2D eigenvalue weighted by atomic mass is 10.3. The van der Waals surface area contributed by atoms with E-state index in [-0.39, 0.29) is 0 Å². The van der Waals surface area contributed by atoms with E-state index >= 15 is 0 Å². The normalized spacial score (nSPS) is 10.3. The van der Waals surface area contributed by atoms with Gasteiger partial charge >= 0.3 is 0 Å². The van der Waals surface area contributed by atoms with Crippen LogP contribution in [-0.4, -0.2) is 30.2 Å². The van der Waals surface area contributed by atoms with Crippen molar-refractivity contribution in [1.29, 1.82) is 0 Å². The van der Waals surface area contributed by atoms with E-state index < -0.39 is 0 Å². The zero-order valence-corrected chi connectivity index (χ0v) is 12.9. The highest BCUT2D eigenvalue weighted by atomic mass is 79.9. The van der Waals surface area contributed by atoms with Gasteiger partial charge in [-0.15, -0.1) is 0 Å². The molecule has 0 fully saturated rings. The minimum Gasteiger partial charge on any atom is -0.385 e. The van der Waals surface area contributed by atoms with E-state index in [0.29, 0.717) is 5.95 Å². The first kappa shape index (κ1) is 14.7. The van der Waals surface area contributed by atoms with Gasteiger partial charge in [-0.25, -0.2) is 4.98 Å². The van der Waals surface area contributed by atoms with Gasteiger partial charge in [-0.1, -0.05) is 12.1 Å². The van der Waals surface area contributed by atoms with Crippen molar-refractivity contribution in [2.24, 2.45) is 0 Å². The lowest BCUT2D eigenvalue weighted by molar-refractivity contribution is 0.198. The summed E-state index contributed by atoms with van der Waals surface area (Å²) in [6.45, 7) is 1.56. The van der Waals surface area contributed by atoms with Crippen molar-refractivity contribution in [3.05, 3.63) is 41.0 Å². The Morgan fingerprint density at radius 1 is 1.25 bits per heavy atom. The summed E-state index contributed by atoms with van der Waals surface area (Å²) in [5.41, 5.74) is 0.934. The van der Waals surface area contributed by atoms with Crippen LogP contribution < -0.4 is 10.6 Å². The number of hydrogen-bond acceptors (Lipinski definition) is 5. The van der Waals surface area contributed by atoms with Gasteiger partial charge < -0.3 is 15.4 Å². The molecular weight excluding hydrogens is 320 g/mol. The zero-order chi connectivity index (χ0) is 14.2. The number of aromatic nitrogens is 2. The van der Waals surface area contributed by atoms with Gasteiger partial charge in [-0.05, 0) is 40.5 Å². The Balaban J connectivity index is 1.97. The van der Waals surface area contributed by atoms with Crippen molar-refractivity contribution >= 4 is 33.4 Å². The topological polar surface area (TPSA) is 59.1 Å². The second kappa shape index (κ2) is 7.81. The van der Waals surface area contributed by atoms with E-state index in [0.717, 1.165) is 35.6 Å². The number of nitrogens with one attached hydrogen (secondary N) is 2. The van der Waals surface area contributed by atoms with Gasteiger partial charge in [0.05, 0.1) is 5.69 Å². The maximum Gasteiger partial charge on any atom is 0.229 e. The predicted octanol–water partition coefficient (Wildman–Crippen LogP) is 3.43. The summed E-state index contributed by atoms with van der Waals surface area (Å²) in [5.74, 6) is 1.36. The minimum absolute atomic E-state index is 0.564. The van der Waals surface area contributed by atoms with E-state index in [2.05, 4.69) is 36.5 Å². The summed E-state index contributed by atoms with van der Waals surface area (Å²) in [5, 5.41) is 6.42. The average Bonchev–Trinajstić information content (AvgIpc) is 2.47. The molecule has 20 heavy (non-hydrogen) atoms. The maximum absolute atomic E-state index is 5.01. The maximum atomic E-state index is 5.01. The lowest BCUT2D eigenvalue weighted by Gasteiger charge is -2.09. The Morgan fingerprint density at radius 3 is 2.90 bits per heavy atom. The van der Waals surface area contributed by atoms with Crippen LogP contribution in [0, 0.1) is 0 Å². The van der Waals surface area contributed by atoms with Crippen LogP contribution in [0.2, 0.25) is 0 Å². The molecule has 1 heterocycles. The van der Waals surface area contributed by atoms with Crippen LogP contribution in [0.1, 0.15) is 6.42 Å². The summed E-state index contributed by atoms with van der Waals surface area (Å²) in [6.07, 6.45) is 2.67. The standard InChI is InChI=1S/C14H17BrN4O/c1-20-10-4-8-16-13-7-9-17-14(19-13)18-12-6-3-2-5-11(12)15/h2-3,5-7,9H,4,8,10H2,1H3,(H2,16,17,18,19). The first-order valence-corrected chi connectivity index (χ1v) is 7.16. The molecule has 5 nitrogen and oxygen atoms in total. The number of methoxy groups -OCH3 is 1.